The van der Waals surface area contributed by atoms with E-state index in [-0.39, 0.29) is 12.2 Å². The van der Waals surface area contributed by atoms with Crippen LogP contribution in [0.15, 0.2) is 24.3 Å². The van der Waals surface area contributed by atoms with Gasteiger partial charge in [-0.3, -0.25) is 0 Å². The van der Waals surface area contributed by atoms with Gasteiger partial charge >= 0.3 is 5.97 Å². The van der Waals surface area contributed by atoms with Gasteiger partial charge in [0.05, 0.1) is 6.61 Å². The molecule has 0 fully saturated rings. The molecule has 0 amide bonds. The Morgan fingerprint density at radius 2 is 2.00 bits per heavy atom. The number of carbonyl (C=O) groups is 1. The average Bonchev–Trinajstić information content (AvgIpc) is 2.18. The van der Waals surface area contributed by atoms with E-state index in [1.807, 2.05) is 0 Å². The van der Waals surface area contributed by atoms with Crippen LogP contribution in [-0.4, -0.2) is 12.6 Å². The summed E-state index contributed by atoms with van der Waals surface area (Å²) in [6, 6.07) is 4.64. The van der Waals surface area contributed by atoms with Gasteiger partial charge in [0.1, 0.15) is 5.82 Å². The molecule has 14 heavy (non-hydrogen) atoms. The van der Waals surface area contributed by atoms with Crippen molar-refractivity contribution in [3.05, 3.63) is 35.6 Å². The summed E-state index contributed by atoms with van der Waals surface area (Å²) in [4.78, 5) is 10.9. The predicted octanol–water partition coefficient (Wildman–Crippen LogP) is 2.40. The standard InChI is InChI=1S/C10H10F2O2/c1-2-14-10(13)9(12)7-3-5-8(11)6-4-7/h3-6,9H,2H2,1H3. The van der Waals surface area contributed by atoms with Crippen LogP contribution in [0, 0.1) is 5.82 Å². The van der Waals surface area contributed by atoms with Crippen LogP contribution in [0.1, 0.15) is 18.7 Å². The highest BCUT2D eigenvalue weighted by Crippen LogP contribution is 2.18. The lowest BCUT2D eigenvalue weighted by Crippen LogP contribution is -2.11. The predicted molar refractivity (Wildman–Crippen MR) is 46.9 cm³/mol. The smallest absolute Gasteiger partial charge is 0.345 e. The maximum Gasteiger partial charge on any atom is 0.345 e. The van der Waals surface area contributed by atoms with E-state index >= 15 is 0 Å². The first-order valence-corrected chi connectivity index (χ1v) is 4.21. The summed E-state index contributed by atoms with van der Waals surface area (Å²) >= 11 is 0. The van der Waals surface area contributed by atoms with Crippen molar-refractivity contribution in [2.45, 2.75) is 13.1 Å². The Balaban J connectivity index is 2.73. The zero-order valence-electron chi connectivity index (χ0n) is 7.67. The third kappa shape index (κ3) is 2.52. The van der Waals surface area contributed by atoms with E-state index in [2.05, 4.69) is 4.74 Å². The van der Waals surface area contributed by atoms with Crippen molar-refractivity contribution in [2.75, 3.05) is 6.61 Å². The van der Waals surface area contributed by atoms with Gasteiger partial charge in [-0.2, -0.15) is 0 Å². The molecule has 1 rings (SSSR count). The zero-order valence-corrected chi connectivity index (χ0v) is 7.67. The maximum atomic E-state index is 13.3. The number of ether oxygens (including phenoxy) is 1. The highest BCUT2D eigenvalue weighted by atomic mass is 19.1. The van der Waals surface area contributed by atoms with E-state index in [4.69, 9.17) is 0 Å². The van der Waals surface area contributed by atoms with Gasteiger partial charge in [0.2, 0.25) is 6.17 Å². The van der Waals surface area contributed by atoms with Crippen LogP contribution in [0.25, 0.3) is 0 Å². The van der Waals surface area contributed by atoms with E-state index in [0.717, 1.165) is 12.1 Å². The van der Waals surface area contributed by atoms with Crippen molar-refractivity contribution in [3.63, 3.8) is 0 Å². The zero-order chi connectivity index (χ0) is 10.6. The molecule has 1 atom stereocenters. The van der Waals surface area contributed by atoms with Gasteiger partial charge < -0.3 is 4.74 Å². The highest BCUT2D eigenvalue weighted by molar-refractivity contribution is 5.76. The number of alkyl halides is 1. The van der Waals surface area contributed by atoms with Crippen molar-refractivity contribution in [2.24, 2.45) is 0 Å². The van der Waals surface area contributed by atoms with Crippen LogP contribution in [0.2, 0.25) is 0 Å². The van der Waals surface area contributed by atoms with Gasteiger partial charge in [0.25, 0.3) is 0 Å². The fraction of sp³-hybridized carbons (Fsp3) is 0.300. The Labute approximate surface area is 80.5 Å². The summed E-state index contributed by atoms with van der Waals surface area (Å²) in [6.07, 6.45) is -1.84. The van der Waals surface area contributed by atoms with E-state index in [1.165, 1.54) is 12.1 Å². The summed E-state index contributed by atoms with van der Waals surface area (Å²) < 4.78 is 30.2. The molecule has 0 aromatic heterocycles. The summed E-state index contributed by atoms with van der Waals surface area (Å²) in [5, 5.41) is 0. The fourth-order valence-corrected chi connectivity index (χ4v) is 0.983. The Morgan fingerprint density at radius 3 is 2.50 bits per heavy atom. The summed E-state index contributed by atoms with van der Waals surface area (Å²) in [5.41, 5.74) is 0.102. The lowest BCUT2D eigenvalue weighted by molar-refractivity contribution is -0.149. The first-order chi connectivity index (χ1) is 6.65. The number of carbonyl (C=O) groups excluding carboxylic acids is 1. The van der Waals surface area contributed by atoms with Gasteiger partial charge in [-0.05, 0) is 24.6 Å². The largest absolute Gasteiger partial charge is 0.464 e. The van der Waals surface area contributed by atoms with Crippen molar-refractivity contribution in [1.29, 1.82) is 0 Å². The summed E-state index contributed by atoms with van der Waals surface area (Å²) in [5.74, 6) is -1.41. The number of hydrogen-bond donors (Lipinski definition) is 0. The Morgan fingerprint density at radius 1 is 1.43 bits per heavy atom. The third-order valence-corrected chi connectivity index (χ3v) is 1.66. The van der Waals surface area contributed by atoms with Crippen LogP contribution in [0.4, 0.5) is 8.78 Å². The molecule has 0 heterocycles. The molecule has 0 aliphatic carbocycles. The van der Waals surface area contributed by atoms with Gasteiger partial charge in [-0.25, -0.2) is 13.6 Å². The number of esters is 1. The van der Waals surface area contributed by atoms with Gasteiger partial charge in [-0.15, -0.1) is 0 Å². The molecule has 1 aromatic rings. The molecule has 0 saturated carbocycles. The van der Waals surface area contributed by atoms with Crippen LogP contribution in [0.3, 0.4) is 0 Å². The second kappa shape index (κ2) is 4.69. The lowest BCUT2D eigenvalue weighted by atomic mass is 10.1. The molecule has 2 nitrogen and oxygen atoms in total. The highest BCUT2D eigenvalue weighted by Gasteiger charge is 2.20. The fourth-order valence-electron chi connectivity index (χ4n) is 0.983. The first-order valence-electron chi connectivity index (χ1n) is 4.21. The van der Waals surface area contributed by atoms with E-state index in [1.54, 1.807) is 6.92 Å². The maximum absolute atomic E-state index is 13.3. The normalized spacial score (nSPS) is 12.2. The molecular formula is C10H10F2O2. The van der Waals surface area contributed by atoms with Crippen molar-refractivity contribution in [1.82, 2.24) is 0 Å². The van der Waals surface area contributed by atoms with Crippen molar-refractivity contribution >= 4 is 5.97 Å². The van der Waals surface area contributed by atoms with Crippen LogP contribution in [0.5, 0.6) is 0 Å². The molecule has 0 aliphatic heterocycles. The molecule has 0 aliphatic rings. The molecule has 1 aromatic carbocycles. The molecule has 0 bridgehead atoms. The number of hydrogen-bond acceptors (Lipinski definition) is 2. The summed E-state index contributed by atoms with van der Waals surface area (Å²) in [6.45, 7) is 1.72. The minimum Gasteiger partial charge on any atom is -0.464 e. The van der Waals surface area contributed by atoms with Crippen LogP contribution >= 0.6 is 0 Å². The second-order valence-electron chi connectivity index (χ2n) is 2.67. The SMILES string of the molecule is CCOC(=O)C(F)c1ccc(F)cc1. The summed E-state index contributed by atoms with van der Waals surface area (Å²) in [7, 11) is 0. The van der Waals surface area contributed by atoms with Gasteiger partial charge in [0, 0.05) is 0 Å². The number of benzene rings is 1. The number of halogens is 2. The van der Waals surface area contributed by atoms with E-state index < -0.39 is 18.0 Å². The average molecular weight is 200 g/mol. The Bertz CT molecular complexity index is 308. The first kappa shape index (κ1) is 10.6. The van der Waals surface area contributed by atoms with E-state index in [9.17, 15) is 13.6 Å². The van der Waals surface area contributed by atoms with E-state index in [0.29, 0.717) is 0 Å². The van der Waals surface area contributed by atoms with Crippen LogP contribution in [-0.2, 0) is 9.53 Å². The molecule has 4 heteroatoms. The molecule has 0 radical (unpaired) electrons. The lowest BCUT2D eigenvalue weighted by Gasteiger charge is -2.06. The third-order valence-electron chi connectivity index (χ3n) is 1.66. The topological polar surface area (TPSA) is 26.3 Å². The molecule has 0 N–H and O–H groups in total. The number of rotatable bonds is 3. The molecule has 76 valence electrons. The Kier molecular flexibility index (Phi) is 3.56. The monoisotopic (exact) mass is 200 g/mol. The second-order valence-corrected chi connectivity index (χ2v) is 2.67. The molecular weight excluding hydrogens is 190 g/mol. The van der Waals surface area contributed by atoms with Crippen molar-refractivity contribution < 1.29 is 18.3 Å². The molecule has 0 spiro atoms. The Hall–Kier alpha value is -1.45. The van der Waals surface area contributed by atoms with Crippen molar-refractivity contribution in [3.8, 4) is 0 Å². The molecule has 1 unspecified atom stereocenters. The minimum atomic E-state index is -1.84. The van der Waals surface area contributed by atoms with Gasteiger partial charge in [0.15, 0.2) is 0 Å². The molecule has 0 saturated heterocycles. The van der Waals surface area contributed by atoms with Gasteiger partial charge in [-0.1, -0.05) is 12.1 Å². The minimum absolute atomic E-state index is 0.102. The quantitative estimate of drug-likeness (QED) is 0.700. The van der Waals surface area contributed by atoms with Crippen LogP contribution < -0.4 is 0 Å².